The quantitative estimate of drug-likeness (QED) is 0.484. The summed E-state index contributed by atoms with van der Waals surface area (Å²) < 4.78 is 21.0. The van der Waals surface area contributed by atoms with Crippen molar-refractivity contribution in [3.05, 3.63) is 78.3 Å². The van der Waals surface area contributed by atoms with E-state index in [0.29, 0.717) is 17.2 Å². The number of likely N-dealkylation sites (tertiary alicyclic amines) is 1. The Hall–Kier alpha value is -3.32. The SMILES string of the molecule is COc1ccc(F)cc1-c1ccc2nc(C3CCCN(Cc4ccncc4)C3)nn2c1. The van der Waals surface area contributed by atoms with Gasteiger partial charge in [0.05, 0.1) is 7.11 Å². The summed E-state index contributed by atoms with van der Waals surface area (Å²) >= 11 is 0. The molecule has 1 aromatic carbocycles. The van der Waals surface area contributed by atoms with Crippen LogP contribution in [0.3, 0.4) is 0 Å². The maximum atomic E-state index is 13.8. The second-order valence-corrected chi connectivity index (χ2v) is 7.96. The first-order chi connectivity index (χ1) is 15.2. The van der Waals surface area contributed by atoms with Crippen LogP contribution in [0.1, 0.15) is 30.1 Å². The highest BCUT2D eigenvalue weighted by molar-refractivity contribution is 5.71. The summed E-state index contributed by atoms with van der Waals surface area (Å²) in [5.74, 6) is 1.48. The fourth-order valence-corrected chi connectivity index (χ4v) is 4.29. The minimum atomic E-state index is -0.299. The number of piperidine rings is 1. The normalized spacial score (nSPS) is 17.2. The number of pyridine rings is 2. The number of halogens is 1. The molecule has 31 heavy (non-hydrogen) atoms. The second-order valence-electron chi connectivity index (χ2n) is 7.96. The molecule has 4 aromatic rings. The minimum Gasteiger partial charge on any atom is -0.496 e. The zero-order chi connectivity index (χ0) is 21.2. The number of aromatic nitrogens is 4. The molecule has 1 aliphatic rings. The first kappa shape index (κ1) is 19.6. The van der Waals surface area contributed by atoms with Crippen molar-refractivity contribution in [3.63, 3.8) is 0 Å². The number of ether oxygens (including phenoxy) is 1. The average molecular weight is 417 g/mol. The van der Waals surface area contributed by atoms with Gasteiger partial charge in [0, 0.05) is 48.7 Å². The molecule has 1 fully saturated rings. The first-order valence-corrected chi connectivity index (χ1v) is 10.5. The van der Waals surface area contributed by atoms with E-state index in [-0.39, 0.29) is 5.82 Å². The summed E-state index contributed by atoms with van der Waals surface area (Å²) in [6.45, 7) is 2.93. The van der Waals surface area contributed by atoms with Gasteiger partial charge in [0.25, 0.3) is 0 Å². The van der Waals surface area contributed by atoms with Crippen LogP contribution in [-0.4, -0.2) is 44.7 Å². The summed E-state index contributed by atoms with van der Waals surface area (Å²) in [6, 6.07) is 12.5. The molecule has 0 saturated carbocycles. The molecule has 1 aliphatic heterocycles. The monoisotopic (exact) mass is 417 g/mol. The first-order valence-electron chi connectivity index (χ1n) is 10.5. The molecule has 1 saturated heterocycles. The van der Waals surface area contributed by atoms with Gasteiger partial charge in [-0.25, -0.2) is 13.9 Å². The van der Waals surface area contributed by atoms with Crippen LogP contribution in [0, 0.1) is 5.82 Å². The number of hydrogen-bond acceptors (Lipinski definition) is 5. The van der Waals surface area contributed by atoms with E-state index in [0.717, 1.165) is 49.5 Å². The molecule has 0 radical (unpaired) electrons. The van der Waals surface area contributed by atoms with Gasteiger partial charge < -0.3 is 4.74 Å². The molecule has 0 N–H and O–H groups in total. The van der Waals surface area contributed by atoms with E-state index in [1.54, 1.807) is 17.7 Å². The van der Waals surface area contributed by atoms with Crippen molar-refractivity contribution in [1.82, 2.24) is 24.5 Å². The number of methoxy groups -OCH3 is 1. The number of nitrogens with zero attached hydrogens (tertiary/aromatic N) is 5. The molecule has 158 valence electrons. The molecule has 1 unspecified atom stereocenters. The lowest BCUT2D eigenvalue weighted by Gasteiger charge is -2.31. The third-order valence-electron chi connectivity index (χ3n) is 5.85. The van der Waals surface area contributed by atoms with Gasteiger partial charge in [-0.05, 0) is 67.4 Å². The lowest BCUT2D eigenvalue weighted by Crippen LogP contribution is -2.34. The fraction of sp³-hybridized carbons (Fsp3) is 0.292. The summed E-state index contributed by atoms with van der Waals surface area (Å²) in [7, 11) is 1.59. The molecule has 0 spiro atoms. The average Bonchev–Trinajstić information content (AvgIpc) is 3.23. The van der Waals surface area contributed by atoms with Crippen molar-refractivity contribution >= 4 is 5.65 Å². The molecule has 6 nitrogen and oxygen atoms in total. The van der Waals surface area contributed by atoms with E-state index in [9.17, 15) is 4.39 Å². The number of rotatable bonds is 5. The van der Waals surface area contributed by atoms with Crippen LogP contribution in [0.25, 0.3) is 16.8 Å². The lowest BCUT2D eigenvalue weighted by molar-refractivity contribution is 0.196. The van der Waals surface area contributed by atoms with Gasteiger partial charge in [0.2, 0.25) is 0 Å². The third-order valence-corrected chi connectivity index (χ3v) is 5.85. The predicted molar refractivity (Wildman–Crippen MR) is 116 cm³/mol. The molecule has 4 heterocycles. The molecule has 0 amide bonds. The van der Waals surface area contributed by atoms with Gasteiger partial charge in [-0.15, -0.1) is 0 Å². The second kappa shape index (κ2) is 8.43. The van der Waals surface area contributed by atoms with Crippen molar-refractivity contribution < 1.29 is 9.13 Å². The zero-order valence-electron chi connectivity index (χ0n) is 17.4. The Morgan fingerprint density at radius 1 is 1.13 bits per heavy atom. The van der Waals surface area contributed by atoms with Crippen LogP contribution in [0.2, 0.25) is 0 Å². The van der Waals surface area contributed by atoms with Crippen molar-refractivity contribution in [2.75, 3.05) is 20.2 Å². The Morgan fingerprint density at radius 3 is 2.84 bits per heavy atom. The topological polar surface area (TPSA) is 55.5 Å². The summed E-state index contributed by atoms with van der Waals surface area (Å²) in [5.41, 5.74) is 3.60. The summed E-state index contributed by atoms with van der Waals surface area (Å²) in [5, 5.41) is 4.78. The van der Waals surface area contributed by atoms with Gasteiger partial charge >= 0.3 is 0 Å². The molecular weight excluding hydrogens is 393 g/mol. The Morgan fingerprint density at radius 2 is 2.00 bits per heavy atom. The highest BCUT2D eigenvalue weighted by Crippen LogP contribution is 2.31. The van der Waals surface area contributed by atoms with Crippen LogP contribution >= 0.6 is 0 Å². The van der Waals surface area contributed by atoms with Gasteiger partial charge in [0.1, 0.15) is 11.6 Å². The van der Waals surface area contributed by atoms with E-state index < -0.39 is 0 Å². The maximum absolute atomic E-state index is 13.8. The van der Waals surface area contributed by atoms with Crippen molar-refractivity contribution in [3.8, 4) is 16.9 Å². The molecule has 1 atom stereocenters. The third kappa shape index (κ3) is 4.14. The van der Waals surface area contributed by atoms with E-state index in [2.05, 4.69) is 22.0 Å². The molecule has 7 heteroatoms. The van der Waals surface area contributed by atoms with Gasteiger partial charge in [-0.3, -0.25) is 9.88 Å². The highest BCUT2D eigenvalue weighted by atomic mass is 19.1. The molecule has 0 aliphatic carbocycles. The van der Waals surface area contributed by atoms with Crippen LogP contribution < -0.4 is 4.74 Å². The van der Waals surface area contributed by atoms with Crippen molar-refractivity contribution in [2.45, 2.75) is 25.3 Å². The van der Waals surface area contributed by atoms with Crippen LogP contribution in [0.4, 0.5) is 4.39 Å². The Balaban J connectivity index is 1.39. The van der Waals surface area contributed by atoms with Crippen molar-refractivity contribution in [1.29, 1.82) is 0 Å². The lowest BCUT2D eigenvalue weighted by atomic mass is 9.97. The maximum Gasteiger partial charge on any atom is 0.156 e. The Bertz CT molecular complexity index is 1190. The number of benzene rings is 1. The zero-order valence-corrected chi connectivity index (χ0v) is 17.4. The number of hydrogen-bond donors (Lipinski definition) is 0. The summed E-state index contributed by atoms with van der Waals surface area (Å²) in [6.07, 6.45) is 7.77. The van der Waals surface area contributed by atoms with Gasteiger partial charge in [0.15, 0.2) is 11.5 Å². The Kier molecular flexibility index (Phi) is 5.34. The van der Waals surface area contributed by atoms with E-state index >= 15 is 0 Å². The van der Waals surface area contributed by atoms with Gasteiger partial charge in [-0.1, -0.05) is 0 Å². The van der Waals surface area contributed by atoms with Crippen LogP contribution in [-0.2, 0) is 6.54 Å². The number of fused-ring (bicyclic) bond motifs is 1. The van der Waals surface area contributed by atoms with E-state index in [1.807, 2.05) is 30.7 Å². The molecule has 3 aromatic heterocycles. The highest BCUT2D eigenvalue weighted by Gasteiger charge is 2.25. The molecule has 0 bridgehead atoms. The van der Waals surface area contributed by atoms with Crippen molar-refractivity contribution in [2.24, 2.45) is 0 Å². The standard InChI is InChI=1S/C24H24FN5O/c1-31-22-6-5-20(25)13-21(22)18-4-7-23-27-24(28-30(23)16-18)19-3-2-12-29(15-19)14-17-8-10-26-11-9-17/h4-11,13,16,19H,2-3,12,14-15H2,1H3. The molecular formula is C24H24FN5O. The van der Waals surface area contributed by atoms with E-state index in [4.69, 9.17) is 14.8 Å². The largest absolute Gasteiger partial charge is 0.496 e. The predicted octanol–water partition coefficient (Wildman–Crippen LogP) is 4.32. The Labute approximate surface area is 180 Å². The molecule has 5 rings (SSSR count). The van der Waals surface area contributed by atoms with E-state index in [1.165, 1.54) is 17.7 Å². The summed E-state index contributed by atoms with van der Waals surface area (Å²) in [4.78, 5) is 11.3. The van der Waals surface area contributed by atoms with Crippen LogP contribution in [0.5, 0.6) is 5.75 Å². The smallest absolute Gasteiger partial charge is 0.156 e. The minimum absolute atomic E-state index is 0.294. The fourth-order valence-electron chi connectivity index (χ4n) is 4.29. The van der Waals surface area contributed by atoms with Gasteiger partial charge in [-0.2, -0.15) is 5.10 Å². The van der Waals surface area contributed by atoms with Crippen LogP contribution in [0.15, 0.2) is 61.1 Å².